The van der Waals surface area contributed by atoms with Gasteiger partial charge in [-0.1, -0.05) is 30.7 Å². The Morgan fingerprint density at radius 1 is 1.14 bits per heavy atom. The molecule has 0 aromatic heterocycles. The fourth-order valence-corrected chi connectivity index (χ4v) is 2.93. The van der Waals surface area contributed by atoms with Crippen LogP contribution in [-0.4, -0.2) is 23.3 Å². The fourth-order valence-electron chi connectivity index (χ4n) is 2.93. The predicted octanol–water partition coefficient (Wildman–Crippen LogP) is 2.23. The average molecular weight is 286 g/mol. The molecular formula is C17H22N2O2. The van der Waals surface area contributed by atoms with Gasteiger partial charge in [-0.2, -0.15) is 0 Å². The summed E-state index contributed by atoms with van der Waals surface area (Å²) in [6.45, 7) is 2.06. The van der Waals surface area contributed by atoms with Crippen LogP contribution in [0, 0.1) is 5.92 Å². The third-order valence-electron chi connectivity index (χ3n) is 4.54. The van der Waals surface area contributed by atoms with E-state index < -0.39 is 0 Å². The lowest BCUT2D eigenvalue weighted by Gasteiger charge is -2.24. The molecule has 1 fully saturated rings. The number of hydrogen-bond acceptors (Lipinski definition) is 2. The molecule has 1 N–H and O–H groups in total. The van der Waals surface area contributed by atoms with Crippen LogP contribution in [0.3, 0.4) is 0 Å². The van der Waals surface area contributed by atoms with Gasteiger partial charge >= 0.3 is 0 Å². The maximum atomic E-state index is 12.2. The van der Waals surface area contributed by atoms with Gasteiger partial charge in [-0.3, -0.25) is 9.59 Å². The Morgan fingerprint density at radius 2 is 1.81 bits per heavy atom. The summed E-state index contributed by atoms with van der Waals surface area (Å²) in [6, 6.07) is 8.20. The van der Waals surface area contributed by atoms with Gasteiger partial charge < -0.3 is 10.2 Å². The molecule has 1 heterocycles. The molecule has 0 atom stereocenters. The molecule has 1 aromatic rings. The van der Waals surface area contributed by atoms with Crippen molar-refractivity contribution in [2.24, 2.45) is 5.92 Å². The predicted molar refractivity (Wildman–Crippen MR) is 80.3 cm³/mol. The summed E-state index contributed by atoms with van der Waals surface area (Å²) >= 11 is 0. The Balaban J connectivity index is 1.36. The first-order valence-electron chi connectivity index (χ1n) is 7.86. The number of carbonyl (C=O) groups excluding carboxylic acids is 2. The molecule has 0 radical (unpaired) electrons. The molecule has 0 saturated heterocycles. The minimum Gasteiger partial charge on any atom is -0.356 e. The van der Waals surface area contributed by atoms with Crippen LogP contribution in [-0.2, 0) is 22.7 Å². The molecule has 0 unspecified atom stereocenters. The van der Waals surface area contributed by atoms with Crippen molar-refractivity contribution in [3.63, 3.8) is 0 Å². The van der Waals surface area contributed by atoms with Gasteiger partial charge in [0.1, 0.15) is 0 Å². The van der Waals surface area contributed by atoms with Crippen molar-refractivity contribution < 1.29 is 9.59 Å². The highest BCUT2D eigenvalue weighted by Crippen LogP contribution is 2.26. The molecule has 0 spiro atoms. The molecule has 3 rings (SSSR count). The molecule has 21 heavy (non-hydrogen) atoms. The molecule has 4 nitrogen and oxygen atoms in total. The lowest BCUT2D eigenvalue weighted by atomic mass is 9.85. The Labute approximate surface area is 125 Å². The molecule has 4 heteroatoms. The largest absolute Gasteiger partial charge is 0.356 e. The van der Waals surface area contributed by atoms with E-state index in [0.717, 1.165) is 32.4 Å². The van der Waals surface area contributed by atoms with E-state index in [0.29, 0.717) is 13.0 Å². The van der Waals surface area contributed by atoms with Gasteiger partial charge in [0.15, 0.2) is 0 Å². The molecule has 2 aliphatic rings. The highest BCUT2D eigenvalue weighted by molar-refractivity contribution is 5.79. The quantitative estimate of drug-likeness (QED) is 0.844. The molecular weight excluding hydrogens is 264 g/mol. The number of nitrogens with one attached hydrogen (secondary N) is 1. The summed E-state index contributed by atoms with van der Waals surface area (Å²) in [5, 5.41) is 2.94. The highest BCUT2D eigenvalue weighted by atomic mass is 16.2. The first-order valence-corrected chi connectivity index (χ1v) is 7.86. The van der Waals surface area contributed by atoms with Crippen molar-refractivity contribution >= 4 is 11.8 Å². The van der Waals surface area contributed by atoms with E-state index in [1.54, 1.807) is 0 Å². The number of hydrogen-bond donors (Lipinski definition) is 1. The van der Waals surface area contributed by atoms with Crippen LogP contribution in [0.2, 0.25) is 0 Å². The molecule has 1 saturated carbocycles. The standard InChI is InChI=1S/C17H22N2O2/c20-16(9-4-10-18-17(21)13-7-3-8-13)19-11-14-5-1-2-6-15(14)12-19/h1-2,5-6,13H,3-4,7-12H2,(H,18,21). The van der Waals surface area contributed by atoms with E-state index in [1.807, 2.05) is 17.0 Å². The number of rotatable bonds is 5. The van der Waals surface area contributed by atoms with Crippen molar-refractivity contribution in [3.8, 4) is 0 Å². The lowest BCUT2D eigenvalue weighted by Crippen LogP contribution is -2.35. The minimum atomic E-state index is 0.169. The number of nitrogens with zero attached hydrogens (tertiary/aromatic N) is 1. The van der Waals surface area contributed by atoms with Crippen molar-refractivity contribution in [2.45, 2.75) is 45.2 Å². The smallest absolute Gasteiger partial charge is 0.223 e. The summed E-state index contributed by atoms with van der Waals surface area (Å²) in [7, 11) is 0. The number of carbonyl (C=O) groups is 2. The van der Waals surface area contributed by atoms with E-state index in [4.69, 9.17) is 0 Å². The van der Waals surface area contributed by atoms with E-state index in [2.05, 4.69) is 17.4 Å². The minimum absolute atomic E-state index is 0.169. The van der Waals surface area contributed by atoms with Gasteiger partial charge in [0.2, 0.25) is 11.8 Å². The monoisotopic (exact) mass is 286 g/mol. The van der Waals surface area contributed by atoms with E-state index in [9.17, 15) is 9.59 Å². The molecule has 2 amide bonds. The van der Waals surface area contributed by atoms with Crippen LogP contribution in [0.25, 0.3) is 0 Å². The van der Waals surface area contributed by atoms with E-state index in [-0.39, 0.29) is 17.7 Å². The summed E-state index contributed by atoms with van der Waals surface area (Å²) in [4.78, 5) is 25.7. The highest BCUT2D eigenvalue weighted by Gasteiger charge is 2.25. The zero-order chi connectivity index (χ0) is 14.7. The Bertz CT molecular complexity index is 512. The van der Waals surface area contributed by atoms with Crippen LogP contribution in [0.1, 0.15) is 43.2 Å². The Kier molecular flexibility index (Phi) is 4.23. The zero-order valence-electron chi connectivity index (χ0n) is 12.3. The Hall–Kier alpha value is -1.84. The topological polar surface area (TPSA) is 49.4 Å². The van der Waals surface area contributed by atoms with Gasteiger partial charge in [-0.25, -0.2) is 0 Å². The van der Waals surface area contributed by atoms with Gasteiger partial charge in [-0.05, 0) is 30.4 Å². The van der Waals surface area contributed by atoms with Crippen LogP contribution >= 0.6 is 0 Å². The second-order valence-electron chi connectivity index (χ2n) is 6.04. The molecule has 1 aliphatic carbocycles. The van der Waals surface area contributed by atoms with Crippen molar-refractivity contribution in [1.82, 2.24) is 10.2 Å². The second kappa shape index (κ2) is 6.29. The SMILES string of the molecule is O=C(NCCCC(=O)N1Cc2ccccc2C1)C1CCC1. The summed E-state index contributed by atoms with van der Waals surface area (Å²) < 4.78 is 0. The lowest BCUT2D eigenvalue weighted by molar-refractivity contribution is -0.132. The van der Waals surface area contributed by atoms with Crippen LogP contribution < -0.4 is 5.32 Å². The second-order valence-corrected chi connectivity index (χ2v) is 6.04. The third kappa shape index (κ3) is 3.26. The third-order valence-corrected chi connectivity index (χ3v) is 4.54. The van der Waals surface area contributed by atoms with Gasteiger partial charge in [0.05, 0.1) is 0 Å². The van der Waals surface area contributed by atoms with Gasteiger partial charge in [-0.15, -0.1) is 0 Å². The molecule has 0 bridgehead atoms. The van der Waals surface area contributed by atoms with E-state index in [1.165, 1.54) is 17.5 Å². The summed E-state index contributed by atoms with van der Waals surface area (Å²) in [6.07, 6.45) is 4.46. The molecule has 1 aliphatic heterocycles. The van der Waals surface area contributed by atoms with Gasteiger partial charge in [0.25, 0.3) is 0 Å². The van der Waals surface area contributed by atoms with Crippen LogP contribution in [0.5, 0.6) is 0 Å². The zero-order valence-corrected chi connectivity index (χ0v) is 12.3. The Morgan fingerprint density at radius 3 is 2.38 bits per heavy atom. The fraction of sp³-hybridized carbons (Fsp3) is 0.529. The van der Waals surface area contributed by atoms with Gasteiger partial charge in [0, 0.05) is 32.0 Å². The number of fused-ring (bicyclic) bond motifs is 1. The van der Waals surface area contributed by atoms with Crippen molar-refractivity contribution in [1.29, 1.82) is 0 Å². The number of benzene rings is 1. The normalized spacial score (nSPS) is 17.2. The van der Waals surface area contributed by atoms with Crippen molar-refractivity contribution in [3.05, 3.63) is 35.4 Å². The van der Waals surface area contributed by atoms with Crippen LogP contribution in [0.15, 0.2) is 24.3 Å². The first kappa shape index (κ1) is 14.1. The van der Waals surface area contributed by atoms with Crippen LogP contribution in [0.4, 0.5) is 0 Å². The average Bonchev–Trinajstić information content (AvgIpc) is 2.85. The van der Waals surface area contributed by atoms with Crippen molar-refractivity contribution in [2.75, 3.05) is 6.54 Å². The number of amides is 2. The maximum absolute atomic E-state index is 12.2. The molecule has 1 aromatic carbocycles. The molecule has 112 valence electrons. The maximum Gasteiger partial charge on any atom is 0.223 e. The summed E-state index contributed by atoms with van der Waals surface area (Å²) in [5.74, 6) is 0.583. The van der Waals surface area contributed by atoms with E-state index >= 15 is 0 Å². The first-order chi connectivity index (χ1) is 10.2. The summed E-state index contributed by atoms with van der Waals surface area (Å²) in [5.41, 5.74) is 2.51.